The van der Waals surface area contributed by atoms with Crippen LogP contribution in [0.1, 0.15) is 31.2 Å². The van der Waals surface area contributed by atoms with Gasteiger partial charge in [0.15, 0.2) is 5.78 Å². The van der Waals surface area contributed by atoms with Crippen molar-refractivity contribution in [3.63, 3.8) is 0 Å². The summed E-state index contributed by atoms with van der Waals surface area (Å²) >= 11 is 0. The van der Waals surface area contributed by atoms with Crippen LogP contribution in [0.5, 0.6) is 5.75 Å². The van der Waals surface area contributed by atoms with Gasteiger partial charge in [0, 0.05) is 23.6 Å². The Morgan fingerprint density at radius 2 is 1.96 bits per heavy atom. The van der Waals surface area contributed by atoms with Gasteiger partial charge in [-0.25, -0.2) is 0 Å². The first-order valence-electron chi connectivity index (χ1n) is 8.25. The van der Waals surface area contributed by atoms with Gasteiger partial charge in [-0.05, 0) is 30.0 Å². The average Bonchev–Trinajstić information content (AvgIpc) is 2.60. The topological polar surface area (TPSA) is 81.7 Å². The Bertz CT molecular complexity index is 767. The standard InChI is InChI=1S/C19H21NO5/c1-10-7-14-17(18(22)16(10)19(23)25-3)13(9-15(21)20-14)11-5-4-6-12(8-11)24-2/h4-6,8,10,13,16H,7,9H2,1-3H3,(H,20,21)/t10-,13-,16+/m1/s1. The summed E-state index contributed by atoms with van der Waals surface area (Å²) in [6.45, 7) is 1.82. The summed E-state index contributed by atoms with van der Waals surface area (Å²) in [6, 6.07) is 7.33. The summed E-state index contributed by atoms with van der Waals surface area (Å²) in [4.78, 5) is 37.3. The highest BCUT2D eigenvalue weighted by Crippen LogP contribution is 2.42. The van der Waals surface area contributed by atoms with Crippen LogP contribution in [0.3, 0.4) is 0 Å². The fourth-order valence-corrected chi connectivity index (χ4v) is 3.74. The molecule has 0 saturated heterocycles. The van der Waals surface area contributed by atoms with Crippen molar-refractivity contribution in [2.75, 3.05) is 14.2 Å². The molecule has 0 unspecified atom stereocenters. The van der Waals surface area contributed by atoms with E-state index in [1.54, 1.807) is 7.11 Å². The molecule has 1 aromatic carbocycles. The van der Waals surface area contributed by atoms with E-state index in [2.05, 4.69) is 5.32 Å². The minimum atomic E-state index is -0.827. The normalized spacial score (nSPS) is 26.0. The molecule has 25 heavy (non-hydrogen) atoms. The molecular weight excluding hydrogens is 322 g/mol. The van der Waals surface area contributed by atoms with Gasteiger partial charge in [0.1, 0.15) is 11.7 Å². The highest BCUT2D eigenvalue weighted by atomic mass is 16.5. The van der Waals surface area contributed by atoms with Gasteiger partial charge in [-0.2, -0.15) is 0 Å². The fraction of sp³-hybridized carbons (Fsp3) is 0.421. The van der Waals surface area contributed by atoms with Crippen LogP contribution in [0.25, 0.3) is 0 Å². The van der Waals surface area contributed by atoms with E-state index in [1.807, 2.05) is 31.2 Å². The van der Waals surface area contributed by atoms with Crippen LogP contribution in [0.4, 0.5) is 0 Å². The number of Topliss-reactive ketones (excluding diaryl/α,β-unsaturated/α-hetero) is 1. The zero-order valence-corrected chi connectivity index (χ0v) is 14.5. The van der Waals surface area contributed by atoms with Crippen LogP contribution >= 0.6 is 0 Å². The molecule has 1 aliphatic heterocycles. The summed E-state index contributed by atoms with van der Waals surface area (Å²) in [7, 11) is 2.85. The number of ketones is 1. The molecule has 1 aliphatic carbocycles. The van der Waals surface area contributed by atoms with Crippen molar-refractivity contribution in [1.29, 1.82) is 0 Å². The number of rotatable bonds is 3. The Balaban J connectivity index is 2.07. The highest BCUT2D eigenvalue weighted by Gasteiger charge is 2.45. The van der Waals surface area contributed by atoms with Crippen molar-refractivity contribution in [2.45, 2.75) is 25.7 Å². The minimum absolute atomic E-state index is 0.122. The van der Waals surface area contributed by atoms with Gasteiger partial charge in [0.25, 0.3) is 0 Å². The average molecular weight is 343 g/mol. The molecule has 0 radical (unpaired) electrons. The van der Waals surface area contributed by atoms with Crippen molar-refractivity contribution < 1.29 is 23.9 Å². The smallest absolute Gasteiger partial charge is 0.316 e. The van der Waals surface area contributed by atoms with Crippen molar-refractivity contribution in [3.8, 4) is 5.75 Å². The van der Waals surface area contributed by atoms with E-state index >= 15 is 0 Å². The molecule has 6 heteroatoms. The molecule has 1 heterocycles. The predicted octanol–water partition coefficient (Wildman–Crippen LogP) is 1.95. The first-order valence-corrected chi connectivity index (χ1v) is 8.25. The molecule has 0 spiro atoms. The summed E-state index contributed by atoms with van der Waals surface area (Å²) in [5.41, 5.74) is 1.97. The van der Waals surface area contributed by atoms with Crippen LogP contribution in [0.15, 0.2) is 35.5 Å². The molecular formula is C19H21NO5. The first kappa shape index (κ1) is 17.2. The largest absolute Gasteiger partial charge is 0.497 e. The van der Waals surface area contributed by atoms with Crippen molar-refractivity contribution >= 4 is 17.7 Å². The van der Waals surface area contributed by atoms with Gasteiger partial charge in [0.2, 0.25) is 5.91 Å². The zero-order chi connectivity index (χ0) is 18.1. The molecule has 1 amide bonds. The molecule has 1 aromatic rings. The second-order valence-electron chi connectivity index (χ2n) is 6.52. The molecule has 0 bridgehead atoms. The molecule has 1 N–H and O–H groups in total. The third kappa shape index (κ3) is 3.04. The maximum absolute atomic E-state index is 13.1. The Morgan fingerprint density at radius 3 is 2.64 bits per heavy atom. The number of hydrogen-bond acceptors (Lipinski definition) is 5. The van der Waals surface area contributed by atoms with Crippen LogP contribution in [0.2, 0.25) is 0 Å². The third-order valence-corrected chi connectivity index (χ3v) is 4.95. The second-order valence-corrected chi connectivity index (χ2v) is 6.52. The van der Waals surface area contributed by atoms with E-state index < -0.39 is 11.9 Å². The Morgan fingerprint density at radius 1 is 1.20 bits per heavy atom. The lowest BCUT2D eigenvalue weighted by molar-refractivity contribution is -0.151. The number of nitrogens with one attached hydrogen (secondary N) is 1. The Hall–Kier alpha value is -2.63. The first-order chi connectivity index (χ1) is 12.0. The highest BCUT2D eigenvalue weighted by molar-refractivity contribution is 6.11. The Labute approximate surface area is 146 Å². The summed E-state index contributed by atoms with van der Waals surface area (Å²) < 4.78 is 10.1. The number of esters is 1. The quantitative estimate of drug-likeness (QED) is 0.670. The summed E-state index contributed by atoms with van der Waals surface area (Å²) in [5, 5.41) is 2.82. The lowest BCUT2D eigenvalue weighted by atomic mass is 9.70. The molecule has 132 valence electrons. The predicted molar refractivity (Wildman–Crippen MR) is 89.8 cm³/mol. The molecule has 3 atom stereocenters. The van der Waals surface area contributed by atoms with E-state index in [0.29, 0.717) is 23.4 Å². The van der Waals surface area contributed by atoms with E-state index in [-0.39, 0.29) is 29.9 Å². The molecule has 6 nitrogen and oxygen atoms in total. The van der Waals surface area contributed by atoms with Gasteiger partial charge in [-0.1, -0.05) is 19.1 Å². The zero-order valence-electron chi connectivity index (χ0n) is 14.5. The number of amides is 1. The number of carbonyl (C=O) groups excluding carboxylic acids is 3. The Kier molecular flexibility index (Phi) is 4.61. The van der Waals surface area contributed by atoms with Gasteiger partial charge in [0.05, 0.1) is 14.2 Å². The number of allylic oxidation sites excluding steroid dienone is 2. The molecule has 0 fully saturated rings. The number of ether oxygens (including phenoxy) is 2. The molecule has 2 aliphatic rings. The number of hydrogen-bond donors (Lipinski definition) is 1. The van der Waals surface area contributed by atoms with E-state index in [0.717, 1.165) is 5.56 Å². The van der Waals surface area contributed by atoms with Gasteiger partial charge in [-0.15, -0.1) is 0 Å². The number of methoxy groups -OCH3 is 2. The van der Waals surface area contributed by atoms with Gasteiger partial charge >= 0.3 is 5.97 Å². The van der Waals surface area contributed by atoms with Crippen molar-refractivity contribution in [3.05, 3.63) is 41.1 Å². The monoisotopic (exact) mass is 343 g/mol. The third-order valence-electron chi connectivity index (χ3n) is 4.95. The van der Waals surface area contributed by atoms with Crippen LogP contribution in [0, 0.1) is 11.8 Å². The van der Waals surface area contributed by atoms with E-state index in [9.17, 15) is 14.4 Å². The van der Waals surface area contributed by atoms with E-state index in [4.69, 9.17) is 9.47 Å². The van der Waals surface area contributed by atoms with Crippen molar-refractivity contribution in [2.24, 2.45) is 11.8 Å². The van der Waals surface area contributed by atoms with Crippen molar-refractivity contribution in [1.82, 2.24) is 5.32 Å². The number of benzene rings is 1. The second kappa shape index (κ2) is 6.70. The van der Waals surface area contributed by atoms with Crippen LogP contribution in [-0.2, 0) is 19.1 Å². The summed E-state index contributed by atoms with van der Waals surface area (Å²) in [6.07, 6.45) is 0.632. The maximum Gasteiger partial charge on any atom is 0.316 e. The van der Waals surface area contributed by atoms with E-state index in [1.165, 1.54) is 7.11 Å². The van der Waals surface area contributed by atoms with Gasteiger partial charge < -0.3 is 14.8 Å². The molecule has 3 rings (SSSR count). The molecule has 0 saturated carbocycles. The fourth-order valence-electron chi connectivity index (χ4n) is 3.74. The number of carbonyl (C=O) groups is 3. The summed E-state index contributed by atoms with van der Waals surface area (Å²) in [5.74, 6) is -1.67. The van der Waals surface area contributed by atoms with Crippen LogP contribution < -0.4 is 10.1 Å². The minimum Gasteiger partial charge on any atom is -0.497 e. The lowest BCUT2D eigenvalue weighted by Crippen LogP contribution is -2.44. The SMILES string of the molecule is COC(=O)[C@@H]1C(=O)C2=C(C[C@H]1C)NC(=O)C[C@@H]2c1cccc(OC)c1. The lowest BCUT2D eigenvalue weighted by Gasteiger charge is -2.36. The maximum atomic E-state index is 13.1. The van der Waals surface area contributed by atoms with Gasteiger partial charge in [-0.3, -0.25) is 14.4 Å². The van der Waals surface area contributed by atoms with Crippen LogP contribution in [-0.4, -0.2) is 31.9 Å². The molecule has 0 aromatic heterocycles.